The minimum atomic E-state index is -3.07. The summed E-state index contributed by atoms with van der Waals surface area (Å²) in [4.78, 5) is 20.9. The Bertz CT molecular complexity index is 1440. The van der Waals surface area contributed by atoms with Crippen LogP contribution in [0.2, 0.25) is 0 Å². The summed E-state index contributed by atoms with van der Waals surface area (Å²) in [6.07, 6.45) is 7.12. The highest BCUT2D eigenvalue weighted by Gasteiger charge is 2.42. The average molecular weight is 631 g/mol. The number of sulfone groups is 1. The van der Waals surface area contributed by atoms with Crippen LogP contribution in [-0.4, -0.2) is 90.4 Å². The number of piperazine rings is 1. The number of imidazole rings is 1. The highest BCUT2D eigenvalue weighted by molar-refractivity contribution is 7.90. The first-order valence-corrected chi connectivity index (χ1v) is 17.0. The summed E-state index contributed by atoms with van der Waals surface area (Å²) in [5.74, 6) is -0.0523. The second-order valence-electron chi connectivity index (χ2n) is 11.7. The number of benzene rings is 2. The van der Waals surface area contributed by atoms with Crippen molar-refractivity contribution in [1.29, 1.82) is 0 Å². The van der Waals surface area contributed by atoms with Crippen molar-refractivity contribution >= 4 is 28.2 Å². The molecule has 2 fully saturated rings. The second-order valence-corrected chi connectivity index (χ2v) is 13.9. The number of halogens is 1. The Balaban J connectivity index is 0.00000423. The van der Waals surface area contributed by atoms with Gasteiger partial charge in [0.05, 0.1) is 30.4 Å². The summed E-state index contributed by atoms with van der Waals surface area (Å²) in [6.45, 7) is 2.37. The third-order valence-corrected chi connectivity index (χ3v) is 9.45. The quantitative estimate of drug-likeness (QED) is 0.309. The zero-order valence-corrected chi connectivity index (χ0v) is 26.4. The number of hydrogen-bond donors (Lipinski definition) is 2. The van der Waals surface area contributed by atoms with Crippen LogP contribution in [0.25, 0.3) is 11.3 Å². The van der Waals surface area contributed by atoms with Crippen molar-refractivity contribution in [2.75, 3.05) is 44.9 Å². The molecule has 2 unspecified atom stereocenters. The van der Waals surface area contributed by atoms with Crippen LogP contribution in [0, 0.1) is 0 Å². The fourth-order valence-electron chi connectivity index (χ4n) is 6.31. The van der Waals surface area contributed by atoms with Crippen molar-refractivity contribution < 1.29 is 23.1 Å². The number of rotatable bonds is 11. The van der Waals surface area contributed by atoms with Crippen LogP contribution in [0.5, 0.6) is 0 Å². The number of carbonyl (C=O) groups is 1. The van der Waals surface area contributed by atoms with E-state index in [1.54, 1.807) is 6.33 Å². The monoisotopic (exact) mass is 630 g/mol. The van der Waals surface area contributed by atoms with Crippen LogP contribution in [0.3, 0.4) is 0 Å². The van der Waals surface area contributed by atoms with Crippen molar-refractivity contribution in [2.24, 2.45) is 0 Å². The maximum Gasteiger partial charge on any atom is 0.275 e. The molecule has 11 heteroatoms. The number of amides is 1. The van der Waals surface area contributed by atoms with Gasteiger partial charge in [-0.3, -0.25) is 4.79 Å². The Labute approximate surface area is 261 Å². The lowest BCUT2D eigenvalue weighted by molar-refractivity contribution is -0.0989. The van der Waals surface area contributed by atoms with Crippen LogP contribution >= 0.6 is 12.4 Å². The maximum absolute atomic E-state index is 14.3. The van der Waals surface area contributed by atoms with E-state index in [-0.39, 0.29) is 49.4 Å². The van der Waals surface area contributed by atoms with Gasteiger partial charge in [-0.1, -0.05) is 73.5 Å². The highest BCUT2D eigenvalue weighted by atomic mass is 35.5. The molecule has 1 amide bonds. The van der Waals surface area contributed by atoms with Crippen molar-refractivity contribution in [1.82, 2.24) is 19.8 Å². The number of carbonyl (C=O) groups excluding carboxylic acids is 1. The van der Waals surface area contributed by atoms with E-state index in [1.807, 2.05) is 58.0 Å². The molecule has 1 saturated carbocycles. The summed E-state index contributed by atoms with van der Waals surface area (Å²) in [7, 11) is -3.07. The van der Waals surface area contributed by atoms with E-state index in [1.165, 1.54) is 11.8 Å². The maximum atomic E-state index is 14.3. The molecule has 2 aromatic carbocycles. The normalized spacial score (nSPS) is 22.6. The minimum absolute atomic E-state index is 0. The molecule has 2 aliphatic rings. The van der Waals surface area contributed by atoms with Gasteiger partial charge in [0.2, 0.25) is 0 Å². The first-order chi connectivity index (χ1) is 20.3. The number of aliphatic hydroxyl groups is 1. The number of ether oxygens (including phenoxy) is 1. The van der Waals surface area contributed by atoms with E-state index in [4.69, 9.17) is 9.72 Å². The zero-order chi connectivity index (χ0) is 29.6. The molecule has 2 N–H and O–H groups in total. The standard InChI is InChI=1S/C32H42N4O5S.ClH/c1-42(39,40)20-10-19-41-23-32(38)16-9-8-15-28(32)36-24-34-29(30(36)26-13-6-3-7-14-26)31(37)35-18-17-33-22-27(35)21-25-11-4-2-5-12-25;/h2-7,11-14,24,27-28,33,38H,8-10,15-23H2,1H3;1H/t27-,28?,32?;/m1./s1. The first-order valence-electron chi connectivity index (χ1n) is 14.9. The van der Waals surface area contributed by atoms with Crippen molar-refractivity contribution in [3.05, 3.63) is 78.2 Å². The SMILES string of the molecule is CS(=O)(=O)CCCOCC1(O)CCCCC1n1cnc(C(=O)N2CCNC[C@H]2Cc2ccccc2)c1-c1ccccc1.Cl. The van der Waals surface area contributed by atoms with Crippen molar-refractivity contribution in [3.8, 4) is 11.3 Å². The van der Waals surface area contributed by atoms with Gasteiger partial charge in [0.1, 0.15) is 15.4 Å². The van der Waals surface area contributed by atoms with Crippen LogP contribution < -0.4 is 5.32 Å². The first kappa shape index (κ1) is 33.1. The van der Waals surface area contributed by atoms with E-state index in [0.29, 0.717) is 37.3 Å². The Kier molecular flexibility index (Phi) is 11.4. The fraction of sp³-hybridized carbons (Fsp3) is 0.500. The van der Waals surface area contributed by atoms with E-state index in [9.17, 15) is 18.3 Å². The third kappa shape index (κ3) is 8.25. The Hall–Kier alpha value is -2.76. The van der Waals surface area contributed by atoms with Gasteiger partial charge < -0.3 is 24.6 Å². The lowest BCUT2D eigenvalue weighted by atomic mass is 9.80. The largest absolute Gasteiger partial charge is 0.385 e. The topological polar surface area (TPSA) is 114 Å². The Morgan fingerprint density at radius 3 is 2.56 bits per heavy atom. The van der Waals surface area contributed by atoms with Crippen LogP contribution in [0.15, 0.2) is 67.0 Å². The molecular formula is C32H43ClN4O5S. The molecule has 3 atom stereocenters. The lowest BCUT2D eigenvalue weighted by Crippen LogP contribution is -2.54. The Morgan fingerprint density at radius 1 is 1.12 bits per heavy atom. The number of hydrogen-bond acceptors (Lipinski definition) is 7. The Morgan fingerprint density at radius 2 is 1.84 bits per heavy atom. The van der Waals surface area contributed by atoms with Crippen LogP contribution in [0.4, 0.5) is 0 Å². The molecule has 1 aromatic heterocycles. The zero-order valence-electron chi connectivity index (χ0n) is 24.7. The van der Waals surface area contributed by atoms with Crippen molar-refractivity contribution in [3.63, 3.8) is 0 Å². The molecule has 43 heavy (non-hydrogen) atoms. The van der Waals surface area contributed by atoms with Crippen molar-refractivity contribution in [2.45, 2.75) is 56.2 Å². The fourth-order valence-corrected chi connectivity index (χ4v) is 6.95. The summed E-state index contributed by atoms with van der Waals surface area (Å²) < 4.78 is 30.8. The molecule has 5 rings (SSSR count). The van der Waals surface area contributed by atoms with E-state index in [2.05, 4.69) is 17.4 Å². The van der Waals surface area contributed by atoms with Crippen LogP contribution in [0.1, 0.15) is 54.2 Å². The van der Waals surface area contributed by atoms with Gasteiger partial charge in [0.15, 0.2) is 5.69 Å². The second kappa shape index (κ2) is 14.8. The molecule has 3 aromatic rings. The van der Waals surface area contributed by atoms with Gasteiger partial charge in [-0.25, -0.2) is 13.4 Å². The highest BCUT2D eigenvalue weighted by Crippen LogP contribution is 2.41. The van der Waals surface area contributed by atoms with E-state index >= 15 is 0 Å². The summed E-state index contributed by atoms with van der Waals surface area (Å²) >= 11 is 0. The minimum Gasteiger partial charge on any atom is -0.385 e. The molecule has 0 spiro atoms. The van der Waals surface area contributed by atoms with Gasteiger partial charge in [0.25, 0.3) is 5.91 Å². The average Bonchev–Trinajstić information content (AvgIpc) is 3.42. The van der Waals surface area contributed by atoms with E-state index in [0.717, 1.165) is 37.8 Å². The molecule has 2 heterocycles. The van der Waals surface area contributed by atoms with Gasteiger partial charge >= 0.3 is 0 Å². The lowest BCUT2D eigenvalue weighted by Gasteiger charge is -2.41. The predicted octanol–water partition coefficient (Wildman–Crippen LogP) is 3.93. The third-order valence-electron chi connectivity index (χ3n) is 8.42. The van der Waals surface area contributed by atoms with Gasteiger partial charge in [-0.15, -0.1) is 12.4 Å². The number of nitrogens with one attached hydrogen (secondary N) is 1. The molecule has 234 valence electrons. The summed E-state index contributed by atoms with van der Waals surface area (Å²) in [6, 6.07) is 19.7. The number of nitrogens with zero attached hydrogens (tertiary/aromatic N) is 3. The molecule has 1 aliphatic heterocycles. The predicted molar refractivity (Wildman–Crippen MR) is 170 cm³/mol. The molecule has 9 nitrogen and oxygen atoms in total. The summed E-state index contributed by atoms with van der Waals surface area (Å²) in [5.41, 5.74) is 1.98. The molecular weight excluding hydrogens is 588 g/mol. The molecule has 0 bridgehead atoms. The molecule has 1 aliphatic carbocycles. The molecule has 1 saturated heterocycles. The van der Waals surface area contributed by atoms with E-state index < -0.39 is 15.4 Å². The van der Waals surface area contributed by atoms with Gasteiger partial charge in [-0.2, -0.15) is 0 Å². The van der Waals surface area contributed by atoms with Gasteiger partial charge in [-0.05, 0) is 31.2 Å². The smallest absolute Gasteiger partial charge is 0.275 e. The number of aromatic nitrogens is 2. The van der Waals surface area contributed by atoms with Gasteiger partial charge in [0, 0.05) is 44.1 Å². The summed E-state index contributed by atoms with van der Waals surface area (Å²) in [5, 5.41) is 15.4. The molecule has 0 radical (unpaired) electrons. The van der Waals surface area contributed by atoms with Crippen LogP contribution in [-0.2, 0) is 21.0 Å².